The molecule has 6 heteroatoms. The second-order valence-electron chi connectivity index (χ2n) is 19.2. The van der Waals surface area contributed by atoms with Crippen LogP contribution in [0.4, 0.5) is 0 Å². The zero-order valence-corrected chi connectivity index (χ0v) is 46.2. The minimum atomic E-state index is -0.811. The van der Waals surface area contributed by atoms with Gasteiger partial charge in [0.15, 0.2) is 6.10 Å². The van der Waals surface area contributed by atoms with Crippen molar-refractivity contribution in [2.24, 2.45) is 0 Å². The van der Waals surface area contributed by atoms with E-state index in [9.17, 15) is 14.4 Å². The van der Waals surface area contributed by atoms with E-state index in [0.29, 0.717) is 19.3 Å². The van der Waals surface area contributed by atoms with Gasteiger partial charge in [0, 0.05) is 19.3 Å². The second-order valence-corrected chi connectivity index (χ2v) is 19.2. The molecule has 0 radical (unpaired) electrons. The van der Waals surface area contributed by atoms with Crippen LogP contribution in [-0.4, -0.2) is 37.2 Å². The normalized spacial score (nSPS) is 12.9. The average Bonchev–Trinajstić information content (AvgIpc) is 3.37. The number of hydrogen-bond acceptors (Lipinski definition) is 6. The predicted octanol–water partition coefficient (Wildman–Crippen LogP) is 19.9. The fourth-order valence-corrected chi connectivity index (χ4v) is 7.82. The topological polar surface area (TPSA) is 78.9 Å². The van der Waals surface area contributed by atoms with Crippen LogP contribution in [0.15, 0.2) is 109 Å². The third-order valence-electron chi connectivity index (χ3n) is 12.2. The molecule has 0 aromatic heterocycles. The van der Waals surface area contributed by atoms with Gasteiger partial charge < -0.3 is 14.2 Å². The van der Waals surface area contributed by atoms with E-state index in [-0.39, 0.29) is 37.5 Å². The lowest BCUT2D eigenvalue weighted by Gasteiger charge is -2.18. The van der Waals surface area contributed by atoms with Crippen LogP contribution < -0.4 is 0 Å². The predicted molar refractivity (Wildman–Crippen MR) is 307 cm³/mol. The van der Waals surface area contributed by atoms with Crippen molar-refractivity contribution in [3.8, 4) is 0 Å². The van der Waals surface area contributed by atoms with Crippen LogP contribution in [0.25, 0.3) is 0 Å². The summed E-state index contributed by atoms with van der Waals surface area (Å²) in [6, 6.07) is 0. The van der Waals surface area contributed by atoms with Gasteiger partial charge in [0.2, 0.25) is 0 Å². The molecule has 0 amide bonds. The number of esters is 3. The molecule has 0 heterocycles. The highest BCUT2D eigenvalue weighted by molar-refractivity contribution is 5.71. The summed E-state index contributed by atoms with van der Waals surface area (Å²) in [4.78, 5) is 38.2. The lowest BCUT2D eigenvalue weighted by Crippen LogP contribution is -2.30. The molecule has 6 nitrogen and oxygen atoms in total. The summed E-state index contributed by atoms with van der Waals surface area (Å²) in [6.07, 6.45) is 79.4. The minimum absolute atomic E-state index is 0.105. The summed E-state index contributed by atoms with van der Waals surface area (Å²) in [6.45, 7) is 6.44. The molecule has 0 fully saturated rings. The number of unbranched alkanes of at least 4 members (excludes halogenated alkanes) is 23. The van der Waals surface area contributed by atoms with Crippen molar-refractivity contribution in [1.29, 1.82) is 0 Å². The third kappa shape index (κ3) is 56.9. The van der Waals surface area contributed by atoms with E-state index >= 15 is 0 Å². The van der Waals surface area contributed by atoms with E-state index < -0.39 is 6.10 Å². The van der Waals surface area contributed by atoms with Crippen LogP contribution in [-0.2, 0) is 28.6 Å². The van der Waals surface area contributed by atoms with Gasteiger partial charge in [-0.15, -0.1) is 0 Å². The molecule has 0 spiro atoms. The zero-order chi connectivity index (χ0) is 51.4. The molecule has 0 N–H and O–H groups in total. The Morgan fingerprint density at radius 2 is 0.549 bits per heavy atom. The van der Waals surface area contributed by atoms with Crippen LogP contribution in [0.1, 0.15) is 265 Å². The van der Waals surface area contributed by atoms with E-state index in [2.05, 4.69) is 130 Å². The maximum atomic E-state index is 12.8. The molecule has 0 saturated heterocycles. The second kappa shape index (κ2) is 58.6. The summed E-state index contributed by atoms with van der Waals surface area (Å²) in [5, 5.41) is 0. The summed E-state index contributed by atoms with van der Waals surface area (Å²) in [5.74, 6) is -0.967. The number of carbonyl (C=O) groups is 3. The van der Waals surface area contributed by atoms with Crippen molar-refractivity contribution in [1.82, 2.24) is 0 Å². The Morgan fingerprint density at radius 1 is 0.296 bits per heavy atom. The SMILES string of the molecule is CC/C=C\C/C=C\C/C=C\C/C=C\CCCCC(=O)OC(COC(=O)CCCCCCC/C=C\C/C=C\CCCCC)COC(=O)CCCCCCCCCC/C=C\C/C=C\C/C=C\CCCCCCC. The first-order valence-electron chi connectivity index (χ1n) is 29.4. The van der Waals surface area contributed by atoms with Gasteiger partial charge in [-0.05, 0) is 128 Å². The maximum Gasteiger partial charge on any atom is 0.306 e. The highest BCUT2D eigenvalue weighted by atomic mass is 16.6. The number of carbonyl (C=O) groups excluding carboxylic acids is 3. The molecule has 1 atom stereocenters. The lowest BCUT2D eigenvalue weighted by molar-refractivity contribution is -0.167. The van der Waals surface area contributed by atoms with Crippen molar-refractivity contribution in [2.45, 2.75) is 271 Å². The van der Waals surface area contributed by atoms with E-state index in [0.717, 1.165) is 122 Å². The minimum Gasteiger partial charge on any atom is -0.462 e. The van der Waals surface area contributed by atoms with E-state index in [4.69, 9.17) is 14.2 Å². The highest BCUT2D eigenvalue weighted by Crippen LogP contribution is 2.14. The van der Waals surface area contributed by atoms with Gasteiger partial charge in [-0.2, -0.15) is 0 Å². The van der Waals surface area contributed by atoms with Crippen molar-refractivity contribution in [3.05, 3.63) is 109 Å². The fraction of sp³-hybridized carbons (Fsp3) is 0.677. The van der Waals surface area contributed by atoms with Crippen LogP contribution in [0.3, 0.4) is 0 Å². The number of allylic oxidation sites excluding steroid dienone is 18. The van der Waals surface area contributed by atoms with Gasteiger partial charge in [0.25, 0.3) is 0 Å². The first-order chi connectivity index (χ1) is 35.0. The lowest BCUT2D eigenvalue weighted by atomic mass is 10.1. The van der Waals surface area contributed by atoms with Gasteiger partial charge in [-0.25, -0.2) is 0 Å². The Hall–Kier alpha value is -3.93. The molecule has 0 aliphatic carbocycles. The summed E-state index contributed by atoms with van der Waals surface area (Å²) in [7, 11) is 0. The third-order valence-corrected chi connectivity index (χ3v) is 12.2. The molecule has 0 bridgehead atoms. The molecule has 404 valence electrons. The summed E-state index contributed by atoms with van der Waals surface area (Å²) >= 11 is 0. The van der Waals surface area contributed by atoms with Gasteiger partial charge in [0.05, 0.1) is 0 Å². The van der Waals surface area contributed by atoms with Crippen molar-refractivity contribution in [3.63, 3.8) is 0 Å². The molecule has 0 rings (SSSR count). The van der Waals surface area contributed by atoms with Gasteiger partial charge >= 0.3 is 17.9 Å². The van der Waals surface area contributed by atoms with Crippen LogP contribution in [0.5, 0.6) is 0 Å². The van der Waals surface area contributed by atoms with Gasteiger partial charge in [0.1, 0.15) is 13.2 Å². The molecule has 0 aliphatic rings. The maximum absolute atomic E-state index is 12.8. The van der Waals surface area contributed by atoms with Crippen LogP contribution in [0.2, 0.25) is 0 Å². The fourth-order valence-electron chi connectivity index (χ4n) is 7.82. The molecule has 0 aromatic carbocycles. The average molecular weight is 986 g/mol. The van der Waals surface area contributed by atoms with Gasteiger partial charge in [-0.1, -0.05) is 226 Å². The number of rotatable bonds is 52. The summed E-state index contributed by atoms with van der Waals surface area (Å²) < 4.78 is 16.8. The molecule has 0 aliphatic heterocycles. The summed E-state index contributed by atoms with van der Waals surface area (Å²) in [5.41, 5.74) is 0. The van der Waals surface area contributed by atoms with E-state index in [1.54, 1.807) is 0 Å². The molecular weight excluding hydrogens is 877 g/mol. The van der Waals surface area contributed by atoms with Crippen molar-refractivity contribution in [2.75, 3.05) is 13.2 Å². The van der Waals surface area contributed by atoms with Crippen LogP contribution >= 0.6 is 0 Å². The Morgan fingerprint density at radius 3 is 0.915 bits per heavy atom. The molecule has 71 heavy (non-hydrogen) atoms. The standard InChI is InChI=1S/C65H108O6/c1-4-7-10-13-16-19-22-25-28-29-30-31-32-33-34-35-38-40-43-46-49-52-55-58-64(67)70-61-62(71-65(68)59-56-53-50-47-44-41-37-27-24-21-18-15-12-9-6-3)60-69-63(66)57-54-51-48-45-42-39-36-26-23-20-17-14-11-8-5-2/h9,12,17-18,20-22,25-27,29-30,32-33,36-37,44,47,62H,4-8,10-11,13-16,19,23-24,28,31,34-35,38-43,45-46,48-61H2,1-3H3/b12-9-,20-17-,21-18-,25-22-,30-29-,33-32-,36-26-,37-27-,47-44-. The largest absolute Gasteiger partial charge is 0.462 e. The zero-order valence-electron chi connectivity index (χ0n) is 46.2. The Balaban J connectivity index is 4.43. The van der Waals surface area contributed by atoms with Crippen LogP contribution in [0, 0.1) is 0 Å². The van der Waals surface area contributed by atoms with E-state index in [1.807, 2.05) is 0 Å². The van der Waals surface area contributed by atoms with E-state index in [1.165, 1.54) is 96.3 Å². The monoisotopic (exact) mass is 985 g/mol. The first kappa shape index (κ1) is 67.1. The first-order valence-corrected chi connectivity index (χ1v) is 29.4. The van der Waals surface area contributed by atoms with Crippen molar-refractivity contribution >= 4 is 17.9 Å². The Bertz CT molecular complexity index is 1460. The molecule has 1 unspecified atom stereocenters. The number of ether oxygens (including phenoxy) is 3. The quantitative estimate of drug-likeness (QED) is 0.0261. The highest BCUT2D eigenvalue weighted by Gasteiger charge is 2.19. The molecular formula is C65H108O6. The Kier molecular flexibility index (Phi) is 55.4. The smallest absolute Gasteiger partial charge is 0.306 e. The van der Waals surface area contributed by atoms with Gasteiger partial charge in [-0.3, -0.25) is 14.4 Å². The van der Waals surface area contributed by atoms with Crippen molar-refractivity contribution < 1.29 is 28.6 Å². The molecule has 0 saturated carbocycles. The molecule has 0 aromatic rings. The Labute approximate surface area is 438 Å². The number of hydrogen-bond donors (Lipinski definition) is 0.